The van der Waals surface area contributed by atoms with Crippen molar-refractivity contribution in [3.05, 3.63) is 0 Å². The molecule has 0 amide bonds. The molecule has 0 saturated heterocycles. The SMILES string of the molecule is CC(F)C(=O)OCC12CC3CC(CC(CO)(C3)C1)C2. The number of hydrogen-bond acceptors (Lipinski definition) is 3. The van der Waals surface area contributed by atoms with Crippen LogP contribution >= 0.6 is 0 Å². The summed E-state index contributed by atoms with van der Waals surface area (Å²) in [4.78, 5) is 11.3. The van der Waals surface area contributed by atoms with E-state index in [9.17, 15) is 14.3 Å². The molecule has 3 nitrogen and oxygen atoms in total. The summed E-state index contributed by atoms with van der Waals surface area (Å²) < 4.78 is 18.1. The van der Waals surface area contributed by atoms with Crippen molar-refractivity contribution in [3.8, 4) is 0 Å². The predicted octanol–water partition coefficient (Wildman–Crippen LogP) is 2.47. The van der Waals surface area contributed by atoms with Gasteiger partial charge in [0, 0.05) is 12.0 Å². The van der Waals surface area contributed by atoms with E-state index in [0.29, 0.717) is 18.4 Å². The number of halogens is 1. The maximum atomic E-state index is 12.9. The summed E-state index contributed by atoms with van der Waals surface area (Å²) in [6.07, 6.45) is 5.07. The molecule has 0 aromatic rings. The number of ether oxygens (including phenoxy) is 1. The fourth-order valence-electron chi connectivity index (χ4n) is 5.34. The van der Waals surface area contributed by atoms with E-state index in [-0.39, 0.29) is 17.4 Å². The molecule has 3 unspecified atom stereocenters. The van der Waals surface area contributed by atoms with E-state index in [1.807, 2.05) is 0 Å². The van der Waals surface area contributed by atoms with Crippen LogP contribution in [0.4, 0.5) is 4.39 Å². The maximum Gasteiger partial charge on any atom is 0.340 e. The van der Waals surface area contributed by atoms with Gasteiger partial charge in [0.15, 0.2) is 6.17 Å². The van der Waals surface area contributed by atoms with E-state index in [1.165, 1.54) is 13.3 Å². The molecular formula is C15H23FO3. The Hall–Kier alpha value is -0.640. The highest BCUT2D eigenvalue weighted by molar-refractivity contribution is 5.73. The molecule has 0 aliphatic heterocycles. The van der Waals surface area contributed by atoms with Gasteiger partial charge in [-0.1, -0.05) is 0 Å². The van der Waals surface area contributed by atoms with E-state index in [0.717, 1.165) is 32.1 Å². The lowest BCUT2D eigenvalue weighted by molar-refractivity contribution is -0.173. The number of aliphatic hydroxyl groups excluding tert-OH is 1. The van der Waals surface area contributed by atoms with E-state index in [2.05, 4.69) is 0 Å². The van der Waals surface area contributed by atoms with Gasteiger partial charge in [0.25, 0.3) is 0 Å². The molecular weight excluding hydrogens is 247 g/mol. The molecule has 0 heterocycles. The summed E-state index contributed by atoms with van der Waals surface area (Å²) in [5, 5.41) is 9.74. The first kappa shape index (κ1) is 13.3. The van der Waals surface area contributed by atoms with Gasteiger partial charge in [-0.3, -0.25) is 0 Å². The predicted molar refractivity (Wildman–Crippen MR) is 68.2 cm³/mol. The monoisotopic (exact) mass is 270 g/mol. The molecule has 0 aromatic heterocycles. The lowest BCUT2D eigenvalue weighted by Crippen LogP contribution is -2.55. The quantitative estimate of drug-likeness (QED) is 0.798. The first-order chi connectivity index (χ1) is 8.96. The highest BCUT2D eigenvalue weighted by Crippen LogP contribution is 2.65. The smallest absolute Gasteiger partial charge is 0.340 e. The Kier molecular flexibility index (Phi) is 3.12. The Morgan fingerprint density at radius 3 is 2.42 bits per heavy atom. The van der Waals surface area contributed by atoms with Gasteiger partial charge in [0.2, 0.25) is 0 Å². The Bertz CT molecular complexity index is 366. The molecule has 4 rings (SSSR count). The van der Waals surface area contributed by atoms with E-state index in [4.69, 9.17) is 4.74 Å². The van der Waals surface area contributed by atoms with Crippen LogP contribution in [0.3, 0.4) is 0 Å². The summed E-state index contributed by atoms with van der Waals surface area (Å²) >= 11 is 0. The number of carbonyl (C=O) groups excluding carboxylic acids is 1. The standard InChI is InChI=1S/C15H23FO3/c1-10(16)13(18)19-9-15-5-11-2-12(6-15)4-14(3-11,7-15)8-17/h10-12,17H,2-9H2,1H3. The fraction of sp³-hybridized carbons (Fsp3) is 0.933. The molecule has 0 spiro atoms. The van der Waals surface area contributed by atoms with Crippen LogP contribution in [0, 0.1) is 22.7 Å². The van der Waals surface area contributed by atoms with Crippen molar-refractivity contribution in [2.45, 2.75) is 51.6 Å². The van der Waals surface area contributed by atoms with Crippen LogP contribution in [0.1, 0.15) is 45.4 Å². The maximum absolute atomic E-state index is 12.9. The van der Waals surface area contributed by atoms with Crippen molar-refractivity contribution in [1.82, 2.24) is 0 Å². The normalized spacial score (nSPS) is 45.2. The van der Waals surface area contributed by atoms with Crippen LogP contribution in [0.2, 0.25) is 0 Å². The van der Waals surface area contributed by atoms with Gasteiger partial charge in [0.05, 0.1) is 6.61 Å². The van der Waals surface area contributed by atoms with Gasteiger partial charge < -0.3 is 9.84 Å². The third-order valence-electron chi connectivity index (χ3n) is 5.48. The summed E-state index contributed by atoms with van der Waals surface area (Å²) in [5.41, 5.74) is 0.0647. The van der Waals surface area contributed by atoms with Crippen molar-refractivity contribution in [1.29, 1.82) is 0 Å². The average Bonchev–Trinajstić information content (AvgIpc) is 2.34. The van der Waals surface area contributed by atoms with Gasteiger partial charge in [-0.25, -0.2) is 9.18 Å². The fourth-order valence-corrected chi connectivity index (χ4v) is 5.34. The molecule has 4 heteroatoms. The Balaban J connectivity index is 1.72. The van der Waals surface area contributed by atoms with Crippen molar-refractivity contribution in [3.63, 3.8) is 0 Å². The molecule has 19 heavy (non-hydrogen) atoms. The highest BCUT2D eigenvalue weighted by atomic mass is 19.1. The summed E-state index contributed by atoms with van der Waals surface area (Å²) in [6, 6.07) is 0. The van der Waals surface area contributed by atoms with Gasteiger partial charge in [-0.15, -0.1) is 0 Å². The second-order valence-electron chi connectivity index (χ2n) is 7.34. The van der Waals surface area contributed by atoms with Gasteiger partial charge in [-0.05, 0) is 62.7 Å². The Morgan fingerprint density at radius 1 is 1.32 bits per heavy atom. The molecule has 4 aliphatic rings. The van der Waals surface area contributed by atoms with Crippen molar-refractivity contribution in [2.75, 3.05) is 13.2 Å². The second kappa shape index (κ2) is 4.44. The minimum absolute atomic E-state index is 0.0113. The molecule has 4 saturated carbocycles. The van der Waals surface area contributed by atoms with Crippen molar-refractivity contribution < 1.29 is 19.0 Å². The minimum Gasteiger partial charge on any atom is -0.463 e. The topological polar surface area (TPSA) is 46.5 Å². The lowest BCUT2D eigenvalue weighted by Gasteiger charge is -2.61. The first-order valence-electron chi connectivity index (χ1n) is 7.38. The summed E-state index contributed by atoms with van der Waals surface area (Å²) in [7, 11) is 0. The van der Waals surface area contributed by atoms with Crippen LogP contribution < -0.4 is 0 Å². The number of aliphatic hydroxyl groups is 1. The average molecular weight is 270 g/mol. The second-order valence-corrected chi connectivity index (χ2v) is 7.34. The van der Waals surface area contributed by atoms with Crippen LogP contribution in [0.15, 0.2) is 0 Å². The summed E-state index contributed by atoms with van der Waals surface area (Å²) in [6.45, 7) is 1.81. The zero-order chi connectivity index (χ0) is 13.7. The van der Waals surface area contributed by atoms with Crippen LogP contribution in [0.5, 0.6) is 0 Å². The number of rotatable bonds is 4. The highest BCUT2D eigenvalue weighted by Gasteiger charge is 2.57. The molecule has 108 valence electrons. The molecule has 0 radical (unpaired) electrons. The first-order valence-corrected chi connectivity index (χ1v) is 7.38. The van der Waals surface area contributed by atoms with Crippen LogP contribution in [-0.4, -0.2) is 30.5 Å². The number of carbonyl (C=O) groups is 1. The van der Waals surface area contributed by atoms with E-state index >= 15 is 0 Å². The third-order valence-corrected chi connectivity index (χ3v) is 5.48. The number of esters is 1. The zero-order valence-electron chi connectivity index (χ0n) is 11.5. The van der Waals surface area contributed by atoms with Crippen LogP contribution in [0.25, 0.3) is 0 Å². The lowest BCUT2D eigenvalue weighted by atomic mass is 9.44. The van der Waals surface area contributed by atoms with Gasteiger partial charge in [-0.2, -0.15) is 0 Å². The van der Waals surface area contributed by atoms with Crippen LogP contribution in [-0.2, 0) is 9.53 Å². The van der Waals surface area contributed by atoms with Gasteiger partial charge in [0.1, 0.15) is 0 Å². The zero-order valence-corrected chi connectivity index (χ0v) is 11.5. The van der Waals surface area contributed by atoms with Crippen molar-refractivity contribution >= 4 is 5.97 Å². The molecule has 0 aromatic carbocycles. The number of hydrogen-bond donors (Lipinski definition) is 1. The third kappa shape index (κ3) is 2.28. The minimum atomic E-state index is -1.54. The van der Waals surface area contributed by atoms with Gasteiger partial charge >= 0.3 is 5.97 Å². The molecule has 4 aliphatic carbocycles. The largest absolute Gasteiger partial charge is 0.463 e. The molecule has 4 bridgehead atoms. The van der Waals surface area contributed by atoms with Crippen molar-refractivity contribution in [2.24, 2.45) is 22.7 Å². The Labute approximate surface area is 113 Å². The van der Waals surface area contributed by atoms with E-state index in [1.54, 1.807) is 0 Å². The molecule has 1 N–H and O–H groups in total. The molecule has 3 atom stereocenters. The summed E-state index contributed by atoms with van der Waals surface area (Å²) in [5.74, 6) is 0.582. The molecule has 4 fully saturated rings. The number of alkyl halides is 1. The Morgan fingerprint density at radius 2 is 1.89 bits per heavy atom. The van der Waals surface area contributed by atoms with E-state index < -0.39 is 12.1 Å².